The average molecular weight is 326 g/mol. The van der Waals surface area contributed by atoms with Gasteiger partial charge in [0.2, 0.25) is 0 Å². The Hall–Kier alpha value is -2.70. The molecule has 1 saturated carbocycles. The highest BCUT2D eigenvalue weighted by Crippen LogP contribution is 2.38. The van der Waals surface area contributed by atoms with Crippen molar-refractivity contribution in [3.05, 3.63) is 35.7 Å². The fraction of sp³-hybridized carbons (Fsp3) is 0.412. The number of aromatic amines is 1. The van der Waals surface area contributed by atoms with Gasteiger partial charge in [-0.25, -0.2) is 4.98 Å². The van der Waals surface area contributed by atoms with Crippen LogP contribution in [0.15, 0.2) is 24.3 Å². The molecule has 1 aromatic heterocycles. The largest absolute Gasteiger partial charge is 0.481 e. The summed E-state index contributed by atoms with van der Waals surface area (Å²) in [6.07, 6.45) is 2.84. The minimum Gasteiger partial charge on any atom is -0.481 e. The van der Waals surface area contributed by atoms with Crippen LogP contribution in [0, 0.1) is 5.92 Å². The number of benzene rings is 1. The molecule has 24 heavy (non-hydrogen) atoms. The molecule has 7 heteroatoms. The van der Waals surface area contributed by atoms with Crippen LogP contribution in [0.3, 0.4) is 0 Å². The molecule has 2 fully saturated rings. The normalized spacial score (nSPS) is 20.3. The van der Waals surface area contributed by atoms with Crippen molar-refractivity contribution in [2.75, 3.05) is 13.1 Å². The molecule has 0 spiro atoms. The second kappa shape index (κ2) is 5.74. The molecule has 2 aliphatic rings. The topological polar surface area (TPSA) is 99.2 Å². The highest BCUT2D eigenvalue weighted by Gasteiger charge is 2.31. The van der Waals surface area contributed by atoms with Crippen molar-refractivity contribution in [3.63, 3.8) is 0 Å². The molecule has 0 unspecified atom stereocenters. The zero-order valence-electron chi connectivity index (χ0n) is 13.1. The highest BCUT2D eigenvalue weighted by molar-refractivity contribution is 5.95. The summed E-state index contributed by atoms with van der Waals surface area (Å²) in [4.78, 5) is 29.6. The van der Waals surface area contributed by atoms with Gasteiger partial charge < -0.3 is 10.0 Å². The number of carbonyl (C=O) groups excluding carboxylic acids is 1. The van der Waals surface area contributed by atoms with Gasteiger partial charge >= 0.3 is 5.97 Å². The quantitative estimate of drug-likeness (QED) is 0.894. The molecule has 0 bridgehead atoms. The minimum absolute atomic E-state index is 0.126. The maximum Gasteiger partial charge on any atom is 0.308 e. The van der Waals surface area contributed by atoms with E-state index in [4.69, 9.17) is 5.11 Å². The number of hydrogen-bond donors (Lipinski definition) is 2. The summed E-state index contributed by atoms with van der Waals surface area (Å²) < 4.78 is 0. The van der Waals surface area contributed by atoms with Crippen molar-refractivity contribution in [2.45, 2.75) is 25.2 Å². The first-order valence-electron chi connectivity index (χ1n) is 8.16. The van der Waals surface area contributed by atoms with Crippen LogP contribution in [0.4, 0.5) is 0 Å². The van der Waals surface area contributed by atoms with Crippen LogP contribution in [-0.2, 0) is 4.79 Å². The highest BCUT2D eigenvalue weighted by atomic mass is 16.4. The van der Waals surface area contributed by atoms with Crippen LogP contribution < -0.4 is 0 Å². The Morgan fingerprint density at radius 3 is 2.54 bits per heavy atom. The van der Waals surface area contributed by atoms with Gasteiger partial charge in [-0.2, -0.15) is 5.10 Å². The maximum absolute atomic E-state index is 12.5. The SMILES string of the molecule is O=C(O)[C@@H]1CCN(C(=O)c2ccc(-c3n[nH]c(C4CC4)n3)cc2)C1. The number of nitrogens with zero attached hydrogens (tertiary/aromatic N) is 3. The van der Waals surface area contributed by atoms with Gasteiger partial charge in [0.15, 0.2) is 5.82 Å². The average Bonchev–Trinajstić information content (AvgIpc) is 3.13. The molecule has 1 atom stereocenters. The van der Waals surface area contributed by atoms with E-state index in [2.05, 4.69) is 15.2 Å². The maximum atomic E-state index is 12.5. The summed E-state index contributed by atoms with van der Waals surface area (Å²) in [5, 5.41) is 16.2. The van der Waals surface area contributed by atoms with Crippen LogP contribution in [-0.4, -0.2) is 50.2 Å². The molecule has 2 N–H and O–H groups in total. The number of likely N-dealkylation sites (tertiary alicyclic amines) is 1. The molecule has 2 aromatic rings. The minimum atomic E-state index is -0.836. The number of H-pyrrole nitrogens is 1. The number of aliphatic carboxylic acids is 1. The van der Waals surface area contributed by atoms with Gasteiger partial charge in [0.1, 0.15) is 5.82 Å². The van der Waals surface area contributed by atoms with Crippen molar-refractivity contribution in [3.8, 4) is 11.4 Å². The second-order valence-electron chi connectivity index (χ2n) is 6.47. The fourth-order valence-electron chi connectivity index (χ4n) is 3.03. The molecule has 124 valence electrons. The molecule has 0 radical (unpaired) electrons. The van der Waals surface area contributed by atoms with Gasteiger partial charge in [0.25, 0.3) is 5.91 Å². The summed E-state index contributed by atoms with van der Waals surface area (Å²) in [7, 11) is 0. The van der Waals surface area contributed by atoms with E-state index >= 15 is 0 Å². The van der Waals surface area contributed by atoms with Gasteiger partial charge in [0, 0.05) is 30.1 Å². The molecule has 1 saturated heterocycles. The first-order valence-corrected chi connectivity index (χ1v) is 8.16. The van der Waals surface area contributed by atoms with E-state index in [0.29, 0.717) is 30.3 Å². The predicted octanol–water partition coefficient (Wildman–Crippen LogP) is 1.90. The number of carboxylic acids is 1. The smallest absolute Gasteiger partial charge is 0.308 e. The lowest BCUT2D eigenvalue weighted by molar-refractivity contribution is -0.141. The zero-order chi connectivity index (χ0) is 16.7. The molecular weight excluding hydrogens is 308 g/mol. The fourth-order valence-corrected chi connectivity index (χ4v) is 3.03. The van der Waals surface area contributed by atoms with Gasteiger partial charge in [-0.3, -0.25) is 14.7 Å². The van der Waals surface area contributed by atoms with Crippen LogP contribution in [0.1, 0.15) is 41.4 Å². The Morgan fingerprint density at radius 1 is 1.17 bits per heavy atom. The van der Waals surface area contributed by atoms with Gasteiger partial charge in [-0.05, 0) is 31.4 Å². The van der Waals surface area contributed by atoms with E-state index in [1.807, 2.05) is 12.1 Å². The number of aromatic nitrogens is 3. The van der Waals surface area contributed by atoms with Crippen LogP contribution in [0.2, 0.25) is 0 Å². The predicted molar refractivity (Wildman–Crippen MR) is 85.4 cm³/mol. The van der Waals surface area contributed by atoms with Gasteiger partial charge in [-0.15, -0.1) is 0 Å². The third kappa shape index (κ3) is 2.77. The van der Waals surface area contributed by atoms with E-state index in [1.54, 1.807) is 17.0 Å². The lowest BCUT2D eigenvalue weighted by Gasteiger charge is -2.15. The number of carboxylic acid groups (broad SMARTS) is 1. The van der Waals surface area contributed by atoms with E-state index in [1.165, 1.54) is 0 Å². The van der Waals surface area contributed by atoms with E-state index in [9.17, 15) is 9.59 Å². The van der Waals surface area contributed by atoms with Crippen molar-refractivity contribution < 1.29 is 14.7 Å². The molecule has 1 aliphatic heterocycles. The number of rotatable bonds is 4. The lowest BCUT2D eigenvalue weighted by atomic mass is 10.1. The summed E-state index contributed by atoms with van der Waals surface area (Å²) in [6, 6.07) is 7.16. The Morgan fingerprint density at radius 2 is 1.92 bits per heavy atom. The number of carbonyl (C=O) groups is 2. The summed E-state index contributed by atoms with van der Waals surface area (Å²) in [6.45, 7) is 0.769. The Balaban J connectivity index is 1.47. The summed E-state index contributed by atoms with van der Waals surface area (Å²) >= 11 is 0. The molecule has 2 heterocycles. The Kier molecular flexibility index (Phi) is 3.55. The van der Waals surface area contributed by atoms with Crippen molar-refractivity contribution in [1.29, 1.82) is 0 Å². The number of hydrogen-bond acceptors (Lipinski definition) is 4. The molecule has 1 amide bonds. The number of nitrogens with one attached hydrogen (secondary N) is 1. The van der Waals surface area contributed by atoms with Crippen LogP contribution in [0.5, 0.6) is 0 Å². The molecular formula is C17H18N4O3. The monoisotopic (exact) mass is 326 g/mol. The molecule has 1 aliphatic carbocycles. The van der Waals surface area contributed by atoms with E-state index in [-0.39, 0.29) is 12.5 Å². The third-order valence-electron chi connectivity index (χ3n) is 4.68. The van der Waals surface area contributed by atoms with E-state index in [0.717, 1.165) is 24.2 Å². The number of amides is 1. The van der Waals surface area contributed by atoms with Crippen molar-refractivity contribution in [2.24, 2.45) is 5.92 Å². The first-order chi connectivity index (χ1) is 11.6. The first kappa shape index (κ1) is 14.9. The summed E-state index contributed by atoms with van der Waals surface area (Å²) in [5.74, 6) is 0.674. The van der Waals surface area contributed by atoms with Gasteiger partial charge in [0.05, 0.1) is 5.92 Å². The van der Waals surface area contributed by atoms with E-state index < -0.39 is 11.9 Å². The molecule has 4 rings (SSSR count). The standard InChI is InChI=1S/C17H18N4O3/c22-16(21-8-7-13(9-21)17(23)24)12-5-3-11(4-6-12)15-18-14(19-20-15)10-1-2-10/h3-6,10,13H,1-2,7-9H2,(H,23,24)(H,18,19,20)/t13-/m1/s1. The molecule has 1 aromatic carbocycles. The Labute approximate surface area is 138 Å². The second-order valence-corrected chi connectivity index (χ2v) is 6.47. The van der Waals surface area contributed by atoms with Gasteiger partial charge in [-0.1, -0.05) is 12.1 Å². The van der Waals surface area contributed by atoms with Crippen LogP contribution >= 0.6 is 0 Å². The zero-order valence-corrected chi connectivity index (χ0v) is 13.1. The molecule has 7 nitrogen and oxygen atoms in total. The summed E-state index contributed by atoms with van der Waals surface area (Å²) in [5.41, 5.74) is 1.42. The van der Waals surface area contributed by atoms with Crippen molar-refractivity contribution in [1.82, 2.24) is 20.1 Å². The Bertz CT molecular complexity index is 779. The third-order valence-corrected chi connectivity index (χ3v) is 4.68. The lowest BCUT2D eigenvalue weighted by Crippen LogP contribution is -2.29. The van der Waals surface area contributed by atoms with Crippen LogP contribution in [0.25, 0.3) is 11.4 Å². The van der Waals surface area contributed by atoms with Crippen molar-refractivity contribution >= 4 is 11.9 Å².